The van der Waals surface area contributed by atoms with E-state index in [2.05, 4.69) is 5.32 Å². The molecule has 2 N–H and O–H groups in total. The highest BCUT2D eigenvalue weighted by molar-refractivity contribution is 5.76. The Kier molecular flexibility index (Phi) is 6.90. The van der Waals surface area contributed by atoms with Gasteiger partial charge in [-0.15, -0.1) is 0 Å². The lowest BCUT2D eigenvalue weighted by Crippen LogP contribution is -3.16. The number of hydrogen-bond donors (Lipinski definition) is 2. The highest BCUT2D eigenvalue weighted by atomic mass is 16.5. The summed E-state index contributed by atoms with van der Waals surface area (Å²) in [7, 11) is 4.71. The Bertz CT molecular complexity index is 558. The van der Waals surface area contributed by atoms with Crippen molar-refractivity contribution < 1.29 is 28.6 Å². The molecule has 1 amide bonds. The van der Waals surface area contributed by atoms with Gasteiger partial charge < -0.3 is 29.2 Å². The summed E-state index contributed by atoms with van der Waals surface area (Å²) in [6.45, 7) is 6.64. The zero-order chi connectivity index (χ0) is 18.4. The molecule has 1 aliphatic rings. The molecule has 0 unspecified atom stereocenters. The molecule has 140 valence electrons. The number of methoxy groups -OCH3 is 3. The minimum atomic E-state index is 0.0186. The zero-order valence-corrected chi connectivity index (χ0v) is 15.7. The van der Waals surface area contributed by atoms with Gasteiger partial charge in [-0.25, -0.2) is 0 Å². The first kappa shape index (κ1) is 19.3. The van der Waals surface area contributed by atoms with Gasteiger partial charge in [-0.2, -0.15) is 0 Å². The van der Waals surface area contributed by atoms with E-state index < -0.39 is 0 Å². The number of morpholine rings is 1. The molecular weight excluding hydrogens is 324 g/mol. The maximum atomic E-state index is 12.3. The highest BCUT2D eigenvalue weighted by Crippen LogP contribution is 2.38. The number of carbonyl (C=O) groups is 1. The molecule has 0 aromatic heterocycles. The zero-order valence-electron chi connectivity index (χ0n) is 15.7. The quantitative estimate of drug-likeness (QED) is 0.723. The molecule has 2 atom stereocenters. The monoisotopic (exact) mass is 353 g/mol. The molecule has 1 aromatic rings. The maximum absolute atomic E-state index is 12.3. The SMILES string of the molecule is COc1cc(CNC(=O)C[NH+]2C[C@@H](C)O[C@H](C)C2)cc(OC)c1OC. The van der Waals surface area contributed by atoms with Gasteiger partial charge in [0.05, 0.1) is 21.3 Å². The fraction of sp³-hybridized carbons (Fsp3) is 0.611. The lowest BCUT2D eigenvalue weighted by atomic mass is 10.1. The van der Waals surface area contributed by atoms with Crippen molar-refractivity contribution in [2.75, 3.05) is 41.0 Å². The Morgan fingerprint density at radius 1 is 1.12 bits per heavy atom. The van der Waals surface area contributed by atoms with Gasteiger partial charge in [0.2, 0.25) is 5.75 Å². The second-order valence-corrected chi connectivity index (χ2v) is 6.40. The van der Waals surface area contributed by atoms with Crippen molar-refractivity contribution in [3.63, 3.8) is 0 Å². The van der Waals surface area contributed by atoms with Gasteiger partial charge in [0, 0.05) is 6.54 Å². The van der Waals surface area contributed by atoms with Crippen LogP contribution in [0.3, 0.4) is 0 Å². The molecule has 1 heterocycles. The molecule has 0 radical (unpaired) electrons. The van der Waals surface area contributed by atoms with Crippen LogP contribution in [-0.4, -0.2) is 59.1 Å². The van der Waals surface area contributed by atoms with E-state index in [1.807, 2.05) is 26.0 Å². The Hall–Kier alpha value is -1.99. The third-order valence-corrected chi connectivity index (χ3v) is 4.24. The van der Waals surface area contributed by atoms with E-state index >= 15 is 0 Å². The first-order valence-corrected chi connectivity index (χ1v) is 8.51. The normalized spacial score (nSPS) is 23.0. The number of hydrogen-bond acceptors (Lipinski definition) is 5. The van der Waals surface area contributed by atoms with Gasteiger partial charge >= 0.3 is 0 Å². The van der Waals surface area contributed by atoms with Crippen LogP contribution in [-0.2, 0) is 16.1 Å². The summed E-state index contributed by atoms with van der Waals surface area (Å²) >= 11 is 0. The average molecular weight is 353 g/mol. The van der Waals surface area contributed by atoms with E-state index in [-0.39, 0.29) is 18.1 Å². The van der Waals surface area contributed by atoms with Crippen LogP contribution in [0, 0.1) is 0 Å². The minimum Gasteiger partial charge on any atom is -0.493 e. The molecule has 7 heteroatoms. The molecule has 0 spiro atoms. The molecule has 1 saturated heterocycles. The fourth-order valence-corrected chi connectivity index (χ4v) is 3.26. The Labute approximate surface area is 149 Å². The molecule has 7 nitrogen and oxygen atoms in total. The molecular formula is C18H29N2O5+. The van der Waals surface area contributed by atoms with Crippen molar-refractivity contribution in [1.82, 2.24) is 5.32 Å². The van der Waals surface area contributed by atoms with Crippen LogP contribution in [0.15, 0.2) is 12.1 Å². The second kappa shape index (κ2) is 8.92. The molecule has 1 aliphatic heterocycles. The first-order valence-electron chi connectivity index (χ1n) is 8.51. The van der Waals surface area contributed by atoms with E-state index in [9.17, 15) is 4.79 Å². The van der Waals surface area contributed by atoms with E-state index in [1.165, 1.54) is 4.90 Å². The average Bonchev–Trinajstić information content (AvgIpc) is 2.57. The molecule has 0 aliphatic carbocycles. The van der Waals surface area contributed by atoms with Crippen LogP contribution in [0.25, 0.3) is 0 Å². The van der Waals surface area contributed by atoms with Crippen LogP contribution in [0.2, 0.25) is 0 Å². The summed E-state index contributed by atoms with van der Waals surface area (Å²) in [6, 6.07) is 3.68. The Morgan fingerprint density at radius 3 is 2.16 bits per heavy atom. The summed E-state index contributed by atoms with van der Waals surface area (Å²) in [5.41, 5.74) is 0.890. The number of rotatable bonds is 7. The molecule has 0 saturated carbocycles. The van der Waals surface area contributed by atoms with Crippen molar-refractivity contribution >= 4 is 5.91 Å². The highest BCUT2D eigenvalue weighted by Gasteiger charge is 2.27. The van der Waals surface area contributed by atoms with Crippen LogP contribution in [0.5, 0.6) is 17.2 Å². The van der Waals surface area contributed by atoms with Gasteiger partial charge in [-0.1, -0.05) is 0 Å². The standard InChI is InChI=1S/C18H28N2O5/c1-12-9-20(10-13(2)25-12)11-17(21)19-8-14-6-15(22-3)18(24-5)16(7-14)23-4/h6-7,12-13H,8-11H2,1-5H3,(H,19,21)/p+1/t12-,13-/m1/s1. The van der Waals surface area contributed by atoms with Crippen LogP contribution < -0.4 is 24.4 Å². The molecule has 25 heavy (non-hydrogen) atoms. The van der Waals surface area contributed by atoms with E-state index in [0.717, 1.165) is 18.7 Å². The van der Waals surface area contributed by atoms with E-state index in [0.29, 0.717) is 30.3 Å². The van der Waals surface area contributed by atoms with Gasteiger partial charge in [-0.05, 0) is 31.5 Å². The van der Waals surface area contributed by atoms with Crippen molar-refractivity contribution in [2.24, 2.45) is 0 Å². The minimum absolute atomic E-state index is 0.0186. The Morgan fingerprint density at radius 2 is 1.68 bits per heavy atom. The maximum Gasteiger partial charge on any atom is 0.275 e. The number of ether oxygens (including phenoxy) is 4. The van der Waals surface area contributed by atoms with Crippen molar-refractivity contribution in [2.45, 2.75) is 32.6 Å². The predicted molar refractivity (Wildman–Crippen MR) is 93.5 cm³/mol. The number of quaternary nitrogens is 1. The van der Waals surface area contributed by atoms with Crippen LogP contribution in [0.4, 0.5) is 0 Å². The van der Waals surface area contributed by atoms with E-state index in [1.54, 1.807) is 21.3 Å². The predicted octanol–water partition coefficient (Wildman–Crippen LogP) is 0.0207. The summed E-state index contributed by atoms with van der Waals surface area (Å²) in [5.74, 6) is 1.71. The third-order valence-electron chi connectivity index (χ3n) is 4.24. The Balaban J connectivity index is 1.95. The number of amides is 1. The summed E-state index contributed by atoms with van der Waals surface area (Å²) in [6.07, 6.45) is 0.364. The molecule has 0 bridgehead atoms. The van der Waals surface area contributed by atoms with Crippen LogP contribution in [0.1, 0.15) is 19.4 Å². The fourth-order valence-electron chi connectivity index (χ4n) is 3.26. The van der Waals surface area contributed by atoms with Gasteiger partial charge in [-0.3, -0.25) is 4.79 Å². The second-order valence-electron chi connectivity index (χ2n) is 6.40. The topological polar surface area (TPSA) is 70.5 Å². The number of carbonyl (C=O) groups excluding carboxylic acids is 1. The van der Waals surface area contributed by atoms with Gasteiger partial charge in [0.15, 0.2) is 18.0 Å². The number of nitrogens with one attached hydrogen (secondary N) is 2. The largest absolute Gasteiger partial charge is 0.493 e. The lowest BCUT2D eigenvalue weighted by molar-refractivity contribution is -0.907. The van der Waals surface area contributed by atoms with Crippen molar-refractivity contribution in [3.8, 4) is 17.2 Å². The van der Waals surface area contributed by atoms with Gasteiger partial charge in [0.1, 0.15) is 25.3 Å². The van der Waals surface area contributed by atoms with Gasteiger partial charge in [0.25, 0.3) is 5.91 Å². The van der Waals surface area contributed by atoms with Crippen molar-refractivity contribution in [1.29, 1.82) is 0 Å². The smallest absolute Gasteiger partial charge is 0.275 e. The van der Waals surface area contributed by atoms with E-state index in [4.69, 9.17) is 18.9 Å². The lowest BCUT2D eigenvalue weighted by Gasteiger charge is -2.31. The summed E-state index contributed by atoms with van der Waals surface area (Å²) in [5, 5.41) is 2.96. The molecule has 1 fully saturated rings. The molecule has 2 rings (SSSR count). The summed E-state index contributed by atoms with van der Waals surface area (Å²) < 4.78 is 21.7. The third kappa shape index (κ3) is 5.24. The first-order chi connectivity index (χ1) is 12.0. The number of benzene rings is 1. The van der Waals surface area contributed by atoms with Crippen LogP contribution >= 0.6 is 0 Å². The molecule has 1 aromatic carbocycles. The summed E-state index contributed by atoms with van der Waals surface area (Å²) in [4.78, 5) is 13.5. The van der Waals surface area contributed by atoms with Crippen molar-refractivity contribution in [3.05, 3.63) is 17.7 Å².